The first-order valence-electron chi connectivity index (χ1n) is 4.61. The van der Waals surface area contributed by atoms with Crippen LogP contribution in [0, 0.1) is 0 Å². The lowest BCUT2D eigenvalue weighted by molar-refractivity contribution is -0.139. The monoisotopic (exact) mass is 347 g/mol. The number of benzene rings is 1. The topological polar surface area (TPSA) is 69.4 Å². The van der Waals surface area contributed by atoms with Crippen LogP contribution in [0.2, 0.25) is 0 Å². The van der Waals surface area contributed by atoms with E-state index in [2.05, 4.69) is 15.9 Å². The lowest BCUT2D eigenvalue weighted by Crippen LogP contribution is -2.14. The molecule has 0 radical (unpaired) electrons. The summed E-state index contributed by atoms with van der Waals surface area (Å²) in [5.41, 5.74) is 0. The van der Waals surface area contributed by atoms with Gasteiger partial charge in [-0.05, 0) is 34.1 Å². The van der Waals surface area contributed by atoms with Crippen molar-refractivity contribution in [2.45, 2.75) is 17.5 Å². The molecule has 1 aromatic carbocycles. The second kappa shape index (κ2) is 5.45. The van der Waals surface area contributed by atoms with Gasteiger partial charge in [0.25, 0.3) is 0 Å². The number of ether oxygens (including phenoxy) is 1. The summed E-state index contributed by atoms with van der Waals surface area (Å²) in [6.45, 7) is -0.545. The maximum absolute atomic E-state index is 11.9. The van der Waals surface area contributed by atoms with Gasteiger partial charge < -0.3 is 4.74 Å². The number of rotatable bonds is 4. The number of sulfonamides is 1. The number of alkyl halides is 3. The fourth-order valence-electron chi connectivity index (χ4n) is 1.05. The smallest absolute Gasteiger partial charge is 0.392 e. The van der Waals surface area contributed by atoms with E-state index in [9.17, 15) is 21.6 Å². The molecule has 4 nitrogen and oxygen atoms in total. The summed E-state index contributed by atoms with van der Waals surface area (Å²) in [5, 5.41) is 4.89. The van der Waals surface area contributed by atoms with Gasteiger partial charge >= 0.3 is 6.18 Å². The summed E-state index contributed by atoms with van der Waals surface area (Å²) in [7, 11) is -3.85. The van der Waals surface area contributed by atoms with Gasteiger partial charge in [-0.2, -0.15) is 13.2 Å². The fourth-order valence-corrected chi connectivity index (χ4v) is 2.24. The Labute approximate surface area is 110 Å². The van der Waals surface area contributed by atoms with E-state index < -0.39 is 29.2 Å². The Bertz CT molecular complexity index is 530. The van der Waals surface area contributed by atoms with Gasteiger partial charge in [-0.25, -0.2) is 13.6 Å². The molecule has 1 rings (SSSR count). The molecule has 0 aliphatic heterocycles. The zero-order chi connectivity index (χ0) is 14.0. The van der Waals surface area contributed by atoms with E-state index in [0.29, 0.717) is 0 Å². The van der Waals surface area contributed by atoms with Crippen molar-refractivity contribution in [3.8, 4) is 5.75 Å². The van der Waals surface area contributed by atoms with Gasteiger partial charge in [-0.3, -0.25) is 0 Å². The van der Waals surface area contributed by atoms with Crippen molar-refractivity contribution in [2.24, 2.45) is 5.14 Å². The highest BCUT2D eigenvalue weighted by molar-refractivity contribution is 9.10. The zero-order valence-electron chi connectivity index (χ0n) is 8.87. The average molecular weight is 348 g/mol. The summed E-state index contributed by atoms with van der Waals surface area (Å²) in [5.74, 6) is 0.117. The summed E-state index contributed by atoms with van der Waals surface area (Å²) in [4.78, 5) is -0.155. The van der Waals surface area contributed by atoms with Crippen molar-refractivity contribution >= 4 is 26.0 Å². The zero-order valence-corrected chi connectivity index (χ0v) is 11.3. The van der Waals surface area contributed by atoms with Crippen molar-refractivity contribution in [1.82, 2.24) is 0 Å². The summed E-state index contributed by atoms with van der Waals surface area (Å²) < 4.78 is 62.8. The summed E-state index contributed by atoms with van der Waals surface area (Å²) in [6, 6.07) is 3.56. The van der Waals surface area contributed by atoms with Crippen LogP contribution >= 0.6 is 15.9 Å². The van der Waals surface area contributed by atoms with Gasteiger partial charge in [0.15, 0.2) is 0 Å². The van der Waals surface area contributed by atoms with E-state index in [1.54, 1.807) is 0 Å². The van der Waals surface area contributed by atoms with Crippen LogP contribution in [0.4, 0.5) is 13.2 Å². The van der Waals surface area contributed by atoms with Gasteiger partial charge in [0.05, 0.1) is 22.4 Å². The Hall–Kier alpha value is -0.800. The Kier molecular flexibility index (Phi) is 4.62. The number of primary sulfonamides is 1. The van der Waals surface area contributed by atoms with Gasteiger partial charge in [0.2, 0.25) is 10.0 Å². The molecular formula is C9H9BrF3NO3S. The van der Waals surface area contributed by atoms with Crippen LogP contribution in [0.15, 0.2) is 27.6 Å². The molecule has 0 spiro atoms. The number of nitrogens with two attached hydrogens (primary N) is 1. The highest BCUT2D eigenvalue weighted by atomic mass is 79.9. The second-order valence-corrected chi connectivity index (χ2v) is 5.77. The third-order valence-electron chi connectivity index (χ3n) is 1.87. The van der Waals surface area contributed by atoms with E-state index in [-0.39, 0.29) is 15.1 Å². The normalized spacial score (nSPS) is 12.5. The van der Waals surface area contributed by atoms with Crippen molar-refractivity contribution in [3.63, 3.8) is 0 Å². The van der Waals surface area contributed by atoms with Gasteiger partial charge in [-0.15, -0.1) is 0 Å². The molecule has 0 amide bonds. The third kappa shape index (κ3) is 4.83. The minimum Gasteiger partial charge on any atom is -0.492 e. The van der Waals surface area contributed by atoms with Crippen molar-refractivity contribution < 1.29 is 26.3 Å². The Balaban J connectivity index is 2.75. The maximum Gasteiger partial charge on any atom is 0.392 e. The third-order valence-corrected chi connectivity index (χ3v) is 3.41. The van der Waals surface area contributed by atoms with Crippen LogP contribution in [0.5, 0.6) is 5.75 Å². The molecule has 9 heteroatoms. The highest BCUT2D eigenvalue weighted by Gasteiger charge is 2.27. The summed E-state index contributed by atoms with van der Waals surface area (Å²) >= 11 is 2.99. The fraction of sp³-hybridized carbons (Fsp3) is 0.333. The molecule has 0 aliphatic rings. The van der Waals surface area contributed by atoms with Crippen LogP contribution in [-0.2, 0) is 10.0 Å². The second-order valence-electron chi connectivity index (χ2n) is 3.35. The molecule has 0 saturated heterocycles. The standard InChI is InChI=1S/C9H9BrF3NO3S/c10-7-5-6(18(14,15)16)1-2-8(7)17-4-3-9(11,12)13/h1-2,5H,3-4H2,(H2,14,15,16). The Morgan fingerprint density at radius 2 is 1.94 bits per heavy atom. The lowest BCUT2D eigenvalue weighted by Gasteiger charge is -2.10. The molecular weight excluding hydrogens is 339 g/mol. The van der Waals surface area contributed by atoms with Crippen molar-refractivity contribution in [3.05, 3.63) is 22.7 Å². The van der Waals surface area contributed by atoms with Crippen LogP contribution in [0.1, 0.15) is 6.42 Å². The van der Waals surface area contributed by atoms with Crippen molar-refractivity contribution in [2.75, 3.05) is 6.61 Å². The van der Waals surface area contributed by atoms with Gasteiger partial charge in [0, 0.05) is 0 Å². The molecule has 0 unspecified atom stereocenters. The van der Waals surface area contributed by atoms with E-state index >= 15 is 0 Å². The van der Waals surface area contributed by atoms with E-state index in [0.717, 1.165) is 12.1 Å². The lowest BCUT2D eigenvalue weighted by atomic mass is 10.3. The van der Waals surface area contributed by atoms with E-state index in [4.69, 9.17) is 9.88 Å². The minimum atomic E-state index is -4.30. The Morgan fingerprint density at radius 1 is 1.33 bits per heavy atom. The van der Waals surface area contributed by atoms with E-state index in [1.807, 2.05) is 0 Å². The van der Waals surface area contributed by atoms with Crippen molar-refractivity contribution in [1.29, 1.82) is 0 Å². The Morgan fingerprint density at radius 3 is 2.39 bits per heavy atom. The molecule has 0 bridgehead atoms. The molecule has 0 heterocycles. The predicted molar refractivity (Wildman–Crippen MR) is 61.7 cm³/mol. The molecule has 2 N–H and O–H groups in total. The molecule has 0 fully saturated rings. The first-order chi connectivity index (χ1) is 8.09. The largest absolute Gasteiger partial charge is 0.492 e. The number of hydrogen-bond donors (Lipinski definition) is 1. The number of hydrogen-bond acceptors (Lipinski definition) is 3. The van der Waals surface area contributed by atoms with Crippen LogP contribution in [0.25, 0.3) is 0 Å². The maximum atomic E-state index is 11.9. The quantitative estimate of drug-likeness (QED) is 0.909. The molecule has 0 saturated carbocycles. The average Bonchev–Trinajstić information content (AvgIpc) is 2.17. The van der Waals surface area contributed by atoms with Crippen LogP contribution < -0.4 is 9.88 Å². The molecule has 18 heavy (non-hydrogen) atoms. The summed E-state index contributed by atoms with van der Waals surface area (Å²) in [6.07, 6.45) is -5.39. The van der Waals surface area contributed by atoms with Crippen LogP contribution in [-0.4, -0.2) is 21.2 Å². The van der Waals surface area contributed by atoms with Gasteiger partial charge in [0.1, 0.15) is 5.75 Å². The molecule has 0 aliphatic carbocycles. The first-order valence-corrected chi connectivity index (χ1v) is 6.95. The first kappa shape index (κ1) is 15.3. The molecule has 102 valence electrons. The molecule has 1 aromatic rings. The number of halogens is 4. The van der Waals surface area contributed by atoms with Gasteiger partial charge in [-0.1, -0.05) is 0 Å². The van der Waals surface area contributed by atoms with E-state index in [1.165, 1.54) is 6.07 Å². The predicted octanol–water partition coefficient (Wildman–Crippen LogP) is 2.43. The van der Waals surface area contributed by atoms with Crippen LogP contribution in [0.3, 0.4) is 0 Å². The molecule has 0 atom stereocenters. The minimum absolute atomic E-state index is 0.117. The highest BCUT2D eigenvalue weighted by Crippen LogP contribution is 2.28. The molecule has 0 aromatic heterocycles. The SMILES string of the molecule is NS(=O)(=O)c1ccc(OCCC(F)(F)F)c(Br)c1.